The van der Waals surface area contributed by atoms with Crippen molar-refractivity contribution < 1.29 is 14.9 Å². The largest absolute Gasteiger partial charge is 0.390 e. The van der Waals surface area contributed by atoms with Gasteiger partial charge in [0.05, 0.1) is 17.8 Å². The van der Waals surface area contributed by atoms with Crippen LogP contribution in [0.2, 0.25) is 0 Å². The lowest BCUT2D eigenvalue weighted by molar-refractivity contribution is -0.156. The molecule has 0 aromatic heterocycles. The van der Waals surface area contributed by atoms with Gasteiger partial charge in [-0.15, -0.1) is 0 Å². The van der Waals surface area contributed by atoms with E-state index in [-0.39, 0.29) is 11.7 Å². The molecule has 2 unspecified atom stereocenters. The van der Waals surface area contributed by atoms with Crippen LogP contribution in [0.1, 0.15) is 33.6 Å². The molecule has 1 saturated carbocycles. The first-order valence-electron chi connectivity index (χ1n) is 4.92. The van der Waals surface area contributed by atoms with E-state index in [0.29, 0.717) is 12.3 Å². The van der Waals surface area contributed by atoms with E-state index in [2.05, 4.69) is 0 Å². The lowest BCUT2D eigenvalue weighted by Crippen LogP contribution is -2.51. The molecule has 1 aliphatic carbocycles. The van der Waals surface area contributed by atoms with Gasteiger partial charge in [0.15, 0.2) is 0 Å². The second-order valence-corrected chi connectivity index (χ2v) is 5.12. The van der Waals surface area contributed by atoms with Crippen LogP contribution in [0.25, 0.3) is 0 Å². The minimum Gasteiger partial charge on any atom is -0.390 e. The van der Waals surface area contributed by atoms with Crippen LogP contribution in [0.15, 0.2) is 0 Å². The van der Waals surface area contributed by atoms with Gasteiger partial charge in [0, 0.05) is 0 Å². The fraction of sp³-hybridized carbons (Fsp3) is 1.00. The van der Waals surface area contributed by atoms with Crippen LogP contribution in [0.3, 0.4) is 0 Å². The van der Waals surface area contributed by atoms with Crippen molar-refractivity contribution in [2.45, 2.75) is 57.0 Å². The SMILES string of the molecule is CC1(C)OC2CC1C[C@@H](O)[C@@]2(C)O. The van der Waals surface area contributed by atoms with E-state index in [4.69, 9.17) is 4.74 Å². The summed E-state index contributed by atoms with van der Waals surface area (Å²) in [4.78, 5) is 0. The Bertz CT molecular complexity index is 222. The summed E-state index contributed by atoms with van der Waals surface area (Å²) in [6, 6.07) is 0. The second kappa shape index (κ2) is 2.47. The number of ether oxygens (including phenoxy) is 1. The number of hydrogen-bond donors (Lipinski definition) is 2. The van der Waals surface area contributed by atoms with Crippen LogP contribution in [0.4, 0.5) is 0 Å². The topological polar surface area (TPSA) is 49.7 Å². The van der Waals surface area contributed by atoms with E-state index >= 15 is 0 Å². The molecule has 1 aliphatic heterocycles. The van der Waals surface area contributed by atoms with E-state index in [1.54, 1.807) is 6.92 Å². The monoisotopic (exact) mass is 186 g/mol. The molecule has 0 radical (unpaired) electrons. The van der Waals surface area contributed by atoms with E-state index in [9.17, 15) is 10.2 Å². The first-order chi connectivity index (χ1) is 5.84. The van der Waals surface area contributed by atoms with Gasteiger partial charge in [0.2, 0.25) is 0 Å². The van der Waals surface area contributed by atoms with Gasteiger partial charge in [-0.05, 0) is 39.5 Å². The average molecular weight is 186 g/mol. The normalized spacial score (nSPS) is 53.8. The van der Waals surface area contributed by atoms with E-state index in [1.807, 2.05) is 13.8 Å². The Balaban J connectivity index is 2.27. The van der Waals surface area contributed by atoms with Gasteiger partial charge in [0.1, 0.15) is 5.60 Å². The zero-order chi connectivity index (χ0) is 9.85. The zero-order valence-corrected chi connectivity index (χ0v) is 8.45. The van der Waals surface area contributed by atoms with Crippen molar-refractivity contribution in [2.24, 2.45) is 5.92 Å². The summed E-state index contributed by atoms with van der Waals surface area (Å²) in [6.45, 7) is 5.73. The highest BCUT2D eigenvalue weighted by atomic mass is 16.5. The molecule has 0 spiro atoms. The quantitative estimate of drug-likeness (QED) is 0.585. The summed E-state index contributed by atoms with van der Waals surface area (Å²) in [6.07, 6.45) is 0.683. The van der Waals surface area contributed by atoms with Crippen molar-refractivity contribution in [2.75, 3.05) is 0 Å². The molecular weight excluding hydrogens is 168 g/mol. The Morgan fingerprint density at radius 1 is 1.23 bits per heavy atom. The summed E-state index contributed by atoms with van der Waals surface area (Å²) in [5.74, 6) is 0.382. The fourth-order valence-electron chi connectivity index (χ4n) is 2.51. The molecule has 2 bridgehead atoms. The summed E-state index contributed by atoms with van der Waals surface area (Å²) < 4.78 is 5.75. The third-order valence-electron chi connectivity index (χ3n) is 3.76. The van der Waals surface area contributed by atoms with Gasteiger partial charge in [-0.1, -0.05) is 0 Å². The maximum atomic E-state index is 9.99. The molecule has 0 amide bonds. The van der Waals surface area contributed by atoms with Crippen LogP contribution < -0.4 is 0 Å². The maximum Gasteiger partial charge on any atom is 0.114 e. The predicted octanol–water partition coefficient (Wildman–Crippen LogP) is 0.686. The molecule has 13 heavy (non-hydrogen) atoms. The van der Waals surface area contributed by atoms with Crippen molar-refractivity contribution in [3.05, 3.63) is 0 Å². The van der Waals surface area contributed by atoms with E-state index in [1.165, 1.54) is 0 Å². The maximum absolute atomic E-state index is 9.99. The Morgan fingerprint density at radius 3 is 2.46 bits per heavy atom. The summed E-state index contributed by atoms with van der Waals surface area (Å²) >= 11 is 0. The fourth-order valence-corrected chi connectivity index (χ4v) is 2.51. The van der Waals surface area contributed by atoms with Crippen molar-refractivity contribution >= 4 is 0 Å². The minimum atomic E-state index is -1.07. The summed E-state index contributed by atoms with van der Waals surface area (Å²) in [5.41, 5.74) is -1.25. The molecule has 1 saturated heterocycles. The number of rotatable bonds is 0. The first-order valence-corrected chi connectivity index (χ1v) is 4.92. The molecule has 4 atom stereocenters. The molecule has 0 aromatic carbocycles. The van der Waals surface area contributed by atoms with Crippen LogP contribution >= 0.6 is 0 Å². The van der Waals surface area contributed by atoms with Gasteiger partial charge in [-0.2, -0.15) is 0 Å². The Morgan fingerprint density at radius 2 is 1.85 bits per heavy atom. The molecule has 3 heteroatoms. The number of aliphatic hydroxyl groups excluding tert-OH is 1. The number of aliphatic hydroxyl groups is 2. The lowest BCUT2D eigenvalue weighted by atomic mass is 9.73. The molecule has 3 nitrogen and oxygen atoms in total. The van der Waals surface area contributed by atoms with Gasteiger partial charge in [-0.25, -0.2) is 0 Å². The lowest BCUT2D eigenvalue weighted by Gasteiger charge is -2.37. The molecule has 2 fully saturated rings. The minimum absolute atomic E-state index is 0.188. The van der Waals surface area contributed by atoms with Crippen LogP contribution in [0, 0.1) is 5.92 Å². The van der Waals surface area contributed by atoms with Gasteiger partial charge in [-0.3, -0.25) is 0 Å². The van der Waals surface area contributed by atoms with Gasteiger partial charge >= 0.3 is 0 Å². The summed E-state index contributed by atoms with van der Waals surface area (Å²) in [5, 5.41) is 19.7. The highest BCUT2D eigenvalue weighted by molar-refractivity contribution is 5.06. The van der Waals surface area contributed by atoms with Crippen molar-refractivity contribution in [3.8, 4) is 0 Å². The zero-order valence-electron chi connectivity index (χ0n) is 8.45. The van der Waals surface area contributed by atoms with Gasteiger partial charge in [0.25, 0.3) is 0 Å². The van der Waals surface area contributed by atoms with E-state index < -0.39 is 11.7 Å². The standard InChI is InChI=1S/C10H18O3/c1-9(2)6-4-7(11)10(3,12)8(5-6)13-9/h6-8,11-12H,4-5H2,1-3H3/t6?,7-,8?,10-/m1/s1. The van der Waals surface area contributed by atoms with Gasteiger partial charge < -0.3 is 14.9 Å². The molecule has 2 N–H and O–H groups in total. The molecule has 1 heterocycles. The smallest absolute Gasteiger partial charge is 0.114 e. The third-order valence-corrected chi connectivity index (χ3v) is 3.76. The van der Waals surface area contributed by atoms with Crippen molar-refractivity contribution in [1.82, 2.24) is 0 Å². The second-order valence-electron chi connectivity index (χ2n) is 5.12. The summed E-state index contributed by atoms with van der Waals surface area (Å²) in [7, 11) is 0. The Labute approximate surface area is 78.7 Å². The molecule has 0 aromatic rings. The first kappa shape index (κ1) is 9.44. The Kier molecular flexibility index (Phi) is 1.79. The molecule has 2 aliphatic rings. The van der Waals surface area contributed by atoms with Crippen LogP contribution in [-0.4, -0.2) is 33.6 Å². The Hall–Kier alpha value is -0.120. The van der Waals surface area contributed by atoms with Crippen molar-refractivity contribution in [1.29, 1.82) is 0 Å². The van der Waals surface area contributed by atoms with Crippen molar-refractivity contribution in [3.63, 3.8) is 0 Å². The highest BCUT2D eigenvalue weighted by Gasteiger charge is 2.56. The molecular formula is C10H18O3. The third kappa shape index (κ3) is 1.22. The van der Waals surface area contributed by atoms with E-state index in [0.717, 1.165) is 6.42 Å². The van der Waals surface area contributed by atoms with Crippen LogP contribution in [0.5, 0.6) is 0 Å². The molecule has 76 valence electrons. The molecule has 2 rings (SSSR count). The average Bonchev–Trinajstić information content (AvgIpc) is 2.23. The van der Waals surface area contributed by atoms with Crippen LogP contribution in [-0.2, 0) is 4.74 Å². The number of fused-ring (bicyclic) bond motifs is 2. The number of hydrogen-bond acceptors (Lipinski definition) is 3. The predicted molar refractivity (Wildman–Crippen MR) is 48.3 cm³/mol. The highest BCUT2D eigenvalue weighted by Crippen LogP contribution is 2.48.